The van der Waals surface area contributed by atoms with Gasteiger partial charge in [-0.2, -0.15) is 13.2 Å². The van der Waals surface area contributed by atoms with Gasteiger partial charge in [0.15, 0.2) is 0 Å². The van der Waals surface area contributed by atoms with Crippen LogP contribution in [0.15, 0.2) is 54.7 Å². The number of amides is 1. The number of alkyl halides is 3. The Balaban J connectivity index is 1.61. The van der Waals surface area contributed by atoms with Gasteiger partial charge in [-0.15, -0.1) is 0 Å². The molecule has 7 nitrogen and oxygen atoms in total. The fraction of sp³-hybridized carbons (Fsp3) is 0.136. The van der Waals surface area contributed by atoms with Crippen LogP contribution >= 0.6 is 11.6 Å². The Labute approximate surface area is 191 Å². The van der Waals surface area contributed by atoms with Gasteiger partial charge in [0.2, 0.25) is 5.95 Å². The predicted octanol–water partition coefficient (Wildman–Crippen LogP) is 5.54. The molecule has 0 aliphatic carbocycles. The molecule has 0 saturated heterocycles. The average Bonchev–Trinajstić information content (AvgIpc) is 3.08. The van der Waals surface area contributed by atoms with Gasteiger partial charge in [0.25, 0.3) is 5.91 Å². The zero-order valence-corrected chi connectivity index (χ0v) is 18.1. The summed E-state index contributed by atoms with van der Waals surface area (Å²) in [6.45, 7) is 0. The van der Waals surface area contributed by atoms with Gasteiger partial charge in [0.1, 0.15) is 17.2 Å². The molecule has 0 spiro atoms. The van der Waals surface area contributed by atoms with Gasteiger partial charge in [-0.1, -0.05) is 11.6 Å². The molecule has 4 rings (SSSR count). The number of pyridine rings is 1. The average molecular weight is 476 g/mol. The number of anilines is 2. The van der Waals surface area contributed by atoms with E-state index in [0.717, 1.165) is 11.6 Å². The summed E-state index contributed by atoms with van der Waals surface area (Å²) < 4.78 is 47.0. The van der Waals surface area contributed by atoms with Crippen molar-refractivity contribution in [3.8, 4) is 11.5 Å². The molecule has 2 N–H and O–H groups in total. The highest BCUT2D eigenvalue weighted by Crippen LogP contribution is 2.37. The maximum atomic E-state index is 13.2. The number of carbonyl (C=O) groups is 1. The van der Waals surface area contributed by atoms with E-state index in [1.807, 2.05) is 0 Å². The van der Waals surface area contributed by atoms with Crippen molar-refractivity contribution in [2.24, 2.45) is 7.05 Å². The Morgan fingerprint density at radius 2 is 1.85 bits per heavy atom. The van der Waals surface area contributed by atoms with Crippen molar-refractivity contribution in [1.82, 2.24) is 19.9 Å². The lowest BCUT2D eigenvalue weighted by atomic mass is 10.2. The first-order valence-corrected chi connectivity index (χ1v) is 10.00. The van der Waals surface area contributed by atoms with Crippen molar-refractivity contribution in [1.29, 1.82) is 0 Å². The third-order valence-electron chi connectivity index (χ3n) is 4.81. The van der Waals surface area contributed by atoms with Crippen LogP contribution in [-0.4, -0.2) is 27.5 Å². The molecule has 0 atom stereocenters. The quantitative estimate of drug-likeness (QED) is 0.396. The summed E-state index contributed by atoms with van der Waals surface area (Å²) in [4.78, 5) is 20.2. The molecule has 0 unspecified atom stereocenters. The van der Waals surface area contributed by atoms with E-state index in [2.05, 4.69) is 20.6 Å². The minimum atomic E-state index is -4.57. The molecule has 0 fully saturated rings. The third kappa shape index (κ3) is 4.70. The van der Waals surface area contributed by atoms with Gasteiger partial charge < -0.3 is 19.9 Å². The predicted molar refractivity (Wildman–Crippen MR) is 118 cm³/mol. The van der Waals surface area contributed by atoms with Crippen LogP contribution in [0, 0.1) is 0 Å². The molecule has 0 saturated carbocycles. The topological polar surface area (TPSA) is 81.1 Å². The highest BCUT2D eigenvalue weighted by atomic mass is 35.5. The van der Waals surface area contributed by atoms with E-state index < -0.39 is 11.7 Å². The number of imidazole rings is 1. The molecule has 1 amide bonds. The summed E-state index contributed by atoms with van der Waals surface area (Å²) in [5.74, 6) is 0.876. The summed E-state index contributed by atoms with van der Waals surface area (Å²) >= 11 is 5.69. The molecule has 2 aromatic heterocycles. The second-order valence-corrected chi connectivity index (χ2v) is 7.43. The Kier molecular flexibility index (Phi) is 5.86. The van der Waals surface area contributed by atoms with Crippen molar-refractivity contribution in [2.45, 2.75) is 6.18 Å². The van der Waals surface area contributed by atoms with Gasteiger partial charge >= 0.3 is 6.18 Å². The molecule has 2 aromatic carbocycles. The number of hydrogen-bond acceptors (Lipinski definition) is 5. The smallest absolute Gasteiger partial charge is 0.417 e. The molecular formula is C22H17ClF3N5O2. The van der Waals surface area contributed by atoms with Gasteiger partial charge in [-0.25, -0.2) is 4.98 Å². The Hall–Kier alpha value is -3.79. The highest BCUT2D eigenvalue weighted by molar-refractivity contribution is 6.31. The largest absolute Gasteiger partial charge is 0.457 e. The van der Waals surface area contributed by atoms with Crippen molar-refractivity contribution in [2.75, 3.05) is 12.4 Å². The number of ether oxygens (including phenoxy) is 1. The lowest BCUT2D eigenvalue weighted by Crippen LogP contribution is -2.18. The summed E-state index contributed by atoms with van der Waals surface area (Å²) in [5.41, 5.74) is 0.762. The molecular weight excluding hydrogens is 459 g/mol. The van der Waals surface area contributed by atoms with Crippen molar-refractivity contribution in [3.63, 3.8) is 0 Å². The standard InChI is InChI=1S/C22H17ClF3N5O2/c1-27-20(32)18-11-14(7-8-28-18)33-13-4-6-19-17(10-13)30-21(31(19)2)29-12-3-5-16(23)15(9-12)22(24,25)26/h3-11H,1-2H3,(H,27,32)(H,29,30). The van der Waals surface area contributed by atoms with Crippen LogP contribution in [0.4, 0.5) is 24.8 Å². The molecule has 11 heteroatoms. The van der Waals surface area contributed by atoms with Gasteiger partial charge in [0.05, 0.1) is 21.6 Å². The fourth-order valence-corrected chi connectivity index (χ4v) is 3.39. The summed E-state index contributed by atoms with van der Waals surface area (Å²) in [6.07, 6.45) is -3.11. The van der Waals surface area contributed by atoms with Crippen molar-refractivity contribution in [3.05, 3.63) is 71.0 Å². The van der Waals surface area contributed by atoms with Crippen LogP contribution in [0.2, 0.25) is 5.02 Å². The molecule has 33 heavy (non-hydrogen) atoms. The van der Waals surface area contributed by atoms with E-state index in [1.54, 1.807) is 35.9 Å². The molecule has 2 heterocycles. The summed E-state index contributed by atoms with van der Waals surface area (Å²) in [7, 11) is 3.24. The normalized spacial score (nSPS) is 11.5. The minimum absolute atomic E-state index is 0.195. The zero-order valence-electron chi connectivity index (χ0n) is 17.4. The first-order valence-electron chi connectivity index (χ1n) is 9.62. The number of carbonyl (C=O) groups excluding carboxylic acids is 1. The number of nitrogens with zero attached hydrogens (tertiary/aromatic N) is 3. The van der Waals surface area contributed by atoms with Crippen LogP contribution in [-0.2, 0) is 13.2 Å². The monoisotopic (exact) mass is 475 g/mol. The first-order chi connectivity index (χ1) is 15.7. The number of rotatable bonds is 5. The Morgan fingerprint density at radius 1 is 1.09 bits per heavy atom. The Bertz CT molecular complexity index is 1350. The van der Waals surface area contributed by atoms with E-state index in [9.17, 15) is 18.0 Å². The van der Waals surface area contributed by atoms with Gasteiger partial charge in [-0.3, -0.25) is 9.78 Å². The number of nitrogens with one attached hydrogen (secondary N) is 2. The number of benzene rings is 2. The lowest BCUT2D eigenvalue weighted by Gasteiger charge is -2.12. The number of fused-ring (bicyclic) bond motifs is 1. The maximum Gasteiger partial charge on any atom is 0.417 e. The van der Waals surface area contributed by atoms with Crippen LogP contribution in [0.5, 0.6) is 11.5 Å². The number of aryl methyl sites for hydroxylation is 1. The maximum absolute atomic E-state index is 13.2. The van der Waals surface area contributed by atoms with E-state index in [0.29, 0.717) is 23.0 Å². The Morgan fingerprint density at radius 3 is 2.58 bits per heavy atom. The second kappa shape index (κ2) is 8.62. The van der Waals surface area contributed by atoms with E-state index in [1.165, 1.54) is 31.4 Å². The first kappa shape index (κ1) is 22.4. The van der Waals surface area contributed by atoms with Crippen molar-refractivity contribution < 1.29 is 22.7 Å². The third-order valence-corrected chi connectivity index (χ3v) is 5.14. The van der Waals surface area contributed by atoms with Crippen LogP contribution in [0.1, 0.15) is 16.1 Å². The molecule has 0 radical (unpaired) electrons. The molecule has 0 aliphatic rings. The minimum Gasteiger partial charge on any atom is -0.457 e. The van der Waals surface area contributed by atoms with E-state index in [-0.39, 0.29) is 22.3 Å². The molecule has 0 aliphatic heterocycles. The summed E-state index contributed by atoms with van der Waals surface area (Å²) in [6, 6.07) is 11.9. The fourth-order valence-electron chi connectivity index (χ4n) is 3.17. The van der Waals surface area contributed by atoms with Crippen LogP contribution in [0.3, 0.4) is 0 Å². The second-order valence-electron chi connectivity index (χ2n) is 7.02. The molecule has 4 aromatic rings. The molecule has 170 valence electrons. The zero-order chi connectivity index (χ0) is 23.8. The number of aromatic nitrogens is 3. The van der Waals surface area contributed by atoms with Gasteiger partial charge in [-0.05, 0) is 36.4 Å². The number of hydrogen-bond donors (Lipinski definition) is 2. The van der Waals surface area contributed by atoms with Crippen LogP contribution < -0.4 is 15.4 Å². The lowest BCUT2D eigenvalue weighted by molar-refractivity contribution is -0.137. The van der Waals surface area contributed by atoms with Gasteiger partial charge in [0, 0.05) is 38.1 Å². The van der Waals surface area contributed by atoms with E-state index in [4.69, 9.17) is 16.3 Å². The van der Waals surface area contributed by atoms with Crippen LogP contribution in [0.25, 0.3) is 11.0 Å². The van der Waals surface area contributed by atoms with E-state index >= 15 is 0 Å². The SMILES string of the molecule is CNC(=O)c1cc(Oc2ccc3c(c2)nc(Nc2ccc(Cl)c(C(F)(F)F)c2)n3C)ccn1. The summed E-state index contributed by atoms with van der Waals surface area (Å²) in [5, 5.41) is 5.01. The van der Waals surface area contributed by atoms with Crippen molar-refractivity contribution >= 4 is 40.2 Å². The number of halogens is 4. The highest BCUT2D eigenvalue weighted by Gasteiger charge is 2.33. The molecule has 0 bridgehead atoms.